The zero-order valence-corrected chi connectivity index (χ0v) is 13.2. The third kappa shape index (κ3) is 3.99. The van der Waals surface area contributed by atoms with Crippen molar-refractivity contribution >= 4 is 17.5 Å². The Balaban J connectivity index is 1.81. The van der Waals surface area contributed by atoms with Crippen LogP contribution in [0, 0.1) is 25.7 Å². The molecule has 0 aliphatic heterocycles. The number of benzene rings is 1. The van der Waals surface area contributed by atoms with Crippen LogP contribution in [0.5, 0.6) is 0 Å². The van der Waals surface area contributed by atoms with Crippen LogP contribution in [0.25, 0.3) is 0 Å². The van der Waals surface area contributed by atoms with E-state index in [2.05, 4.69) is 31.3 Å². The Labute approximate surface area is 126 Å². The van der Waals surface area contributed by atoms with E-state index < -0.39 is 0 Å². The van der Waals surface area contributed by atoms with Gasteiger partial charge in [0.25, 0.3) is 0 Å². The molecular formula is C17H24ClNO. The number of hydrogen-bond acceptors (Lipinski definition) is 1. The number of nitrogens with one attached hydrogen (secondary N) is 1. The van der Waals surface area contributed by atoms with Crippen molar-refractivity contribution in [2.24, 2.45) is 11.8 Å². The van der Waals surface area contributed by atoms with Crippen LogP contribution in [0.1, 0.15) is 36.0 Å². The van der Waals surface area contributed by atoms with Crippen LogP contribution in [-0.2, 0) is 11.2 Å². The predicted octanol–water partition coefficient (Wildman–Crippen LogP) is 3.62. The highest BCUT2D eigenvalue weighted by atomic mass is 35.5. The quantitative estimate of drug-likeness (QED) is 0.826. The lowest BCUT2D eigenvalue weighted by Crippen LogP contribution is -2.32. The van der Waals surface area contributed by atoms with Gasteiger partial charge in [-0.25, -0.2) is 0 Å². The van der Waals surface area contributed by atoms with Crippen LogP contribution < -0.4 is 5.32 Å². The summed E-state index contributed by atoms with van der Waals surface area (Å²) < 4.78 is 0. The van der Waals surface area contributed by atoms with Crippen LogP contribution in [-0.4, -0.2) is 18.3 Å². The third-order valence-electron chi connectivity index (χ3n) is 4.51. The average Bonchev–Trinajstić information content (AvgIpc) is 2.88. The Bertz CT molecular complexity index is 472. The van der Waals surface area contributed by atoms with E-state index in [1.54, 1.807) is 0 Å². The number of halogens is 1. The summed E-state index contributed by atoms with van der Waals surface area (Å²) in [4.78, 5) is 12.0. The molecule has 1 aliphatic carbocycles. The van der Waals surface area contributed by atoms with Crippen molar-refractivity contribution in [3.8, 4) is 0 Å². The van der Waals surface area contributed by atoms with Crippen molar-refractivity contribution < 1.29 is 4.79 Å². The van der Waals surface area contributed by atoms with Crippen LogP contribution in [0.2, 0.25) is 0 Å². The smallest absolute Gasteiger partial charge is 0.224 e. The van der Waals surface area contributed by atoms with Gasteiger partial charge < -0.3 is 5.32 Å². The Kier molecular flexibility index (Phi) is 5.47. The number of aryl methyl sites for hydroxylation is 2. The summed E-state index contributed by atoms with van der Waals surface area (Å²) in [6.07, 6.45) is 4.12. The summed E-state index contributed by atoms with van der Waals surface area (Å²) in [6, 6.07) is 6.23. The van der Waals surface area contributed by atoms with Crippen molar-refractivity contribution in [3.05, 3.63) is 34.9 Å². The molecule has 0 saturated heterocycles. The standard InChI is InChI=1S/C17H24ClNO/c1-12-6-7-14(8-13(12)2)9-17(20)19-11-16-5-3-4-15(16)10-18/h6-8,15-16H,3-5,9-11H2,1-2H3,(H,19,20). The van der Waals surface area contributed by atoms with Crippen molar-refractivity contribution in [1.29, 1.82) is 0 Å². The van der Waals surface area contributed by atoms with E-state index in [1.165, 1.54) is 30.4 Å². The van der Waals surface area contributed by atoms with E-state index >= 15 is 0 Å². The van der Waals surface area contributed by atoms with Crippen molar-refractivity contribution in [2.45, 2.75) is 39.5 Å². The molecule has 2 atom stereocenters. The van der Waals surface area contributed by atoms with Gasteiger partial charge in [-0.15, -0.1) is 11.6 Å². The minimum atomic E-state index is 0.119. The molecule has 1 saturated carbocycles. The molecule has 0 radical (unpaired) electrons. The molecular weight excluding hydrogens is 270 g/mol. The Hall–Kier alpha value is -1.02. The predicted molar refractivity (Wildman–Crippen MR) is 84.2 cm³/mol. The SMILES string of the molecule is Cc1ccc(CC(=O)NCC2CCCC2CCl)cc1C. The first-order chi connectivity index (χ1) is 9.60. The lowest BCUT2D eigenvalue weighted by atomic mass is 9.98. The maximum Gasteiger partial charge on any atom is 0.224 e. The maximum atomic E-state index is 12.0. The highest BCUT2D eigenvalue weighted by molar-refractivity contribution is 6.18. The Morgan fingerprint density at radius 3 is 2.70 bits per heavy atom. The second kappa shape index (κ2) is 7.12. The van der Waals surface area contributed by atoms with Gasteiger partial charge in [0.2, 0.25) is 5.91 Å². The number of rotatable bonds is 5. The fourth-order valence-electron chi connectivity index (χ4n) is 2.99. The van der Waals surface area contributed by atoms with Gasteiger partial charge in [-0.05, 0) is 55.2 Å². The maximum absolute atomic E-state index is 12.0. The van der Waals surface area contributed by atoms with Gasteiger partial charge in [-0.2, -0.15) is 0 Å². The Morgan fingerprint density at radius 1 is 1.25 bits per heavy atom. The summed E-state index contributed by atoms with van der Waals surface area (Å²) in [5.41, 5.74) is 3.60. The van der Waals surface area contributed by atoms with E-state index in [4.69, 9.17) is 11.6 Å². The molecule has 1 N–H and O–H groups in total. The molecule has 2 rings (SSSR count). The molecule has 0 aromatic heterocycles. The number of alkyl halides is 1. The summed E-state index contributed by atoms with van der Waals surface area (Å²) in [5, 5.41) is 3.07. The molecule has 110 valence electrons. The van der Waals surface area contributed by atoms with Crippen molar-refractivity contribution in [1.82, 2.24) is 5.32 Å². The van der Waals surface area contributed by atoms with Crippen LogP contribution in [0.15, 0.2) is 18.2 Å². The molecule has 20 heavy (non-hydrogen) atoms. The highest BCUT2D eigenvalue weighted by Crippen LogP contribution is 2.31. The second-order valence-electron chi connectivity index (χ2n) is 6.00. The number of carbonyl (C=O) groups is 1. The van der Waals surface area contributed by atoms with E-state index in [0.29, 0.717) is 18.3 Å². The monoisotopic (exact) mass is 293 g/mol. The second-order valence-corrected chi connectivity index (χ2v) is 6.31. The van der Waals surface area contributed by atoms with E-state index in [1.807, 2.05) is 6.07 Å². The van der Waals surface area contributed by atoms with Gasteiger partial charge in [0.15, 0.2) is 0 Å². The lowest BCUT2D eigenvalue weighted by molar-refractivity contribution is -0.120. The first-order valence-electron chi connectivity index (χ1n) is 7.49. The largest absolute Gasteiger partial charge is 0.356 e. The van der Waals surface area contributed by atoms with Gasteiger partial charge in [-0.3, -0.25) is 4.79 Å². The zero-order valence-electron chi connectivity index (χ0n) is 12.4. The third-order valence-corrected chi connectivity index (χ3v) is 4.91. The molecule has 1 aromatic carbocycles. The zero-order chi connectivity index (χ0) is 14.5. The molecule has 3 heteroatoms. The number of carbonyl (C=O) groups excluding carboxylic acids is 1. The van der Waals surface area contributed by atoms with Gasteiger partial charge in [0.05, 0.1) is 6.42 Å². The molecule has 1 amide bonds. The van der Waals surface area contributed by atoms with Crippen LogP contribution in [0.3, 0.4) is 0 Å². The fourth-order valence-corrected chi connectivity index (χ4v) is 3.40. The summed E-state index contributed by atoms with van der Waals surface area (Å²) in [6.45, 7) is 4.95. The molecule has 0 bridgehead atoms. The molecule has 1 aromatic rings. The van der Waals surface area contributed by atoms with E-state index in [9.17, 15) is 4.79 Å². The summed E-state index contributed by atoms with van der Waals surface area (Å²) in [7, 11) is 0. The van der Waals surface area contributed by atoms with Gasteiger partial charge in [0, 0.05) is 12.4 Å². The lowest BCUT2D eigenvalue weighted by Gasteiger charge is -2.17. The number of amides is 1. The fraction of sp³-hybridized carbons (Fsp3) is 0.588. The highest BCUT2D eigenvalue weighted by Gasteiger charge is 2.26. The first kappa shape index (κ1) is 15.4. The van der Waals surface area contributed by atoms with Crippen molar-refractivity contribution in [3.63, 3.8) is 0 Å². The van der Waals surface area contributed by atoms with E-state index in [0.717, 1.165) is 18.0 Å². The average molecular weight is 294 g/mol. The minimum Gasteiger partial charge on any atom is -0.356 e. The topological polar surface area (TPSA) is 29.1 Å². The van der Waals surface area contributed by atoms with E-state index in [-0.39, 0.29) is 5.91 Å². The molecule has 0 spiro atoms. The molecule has 0 heterocycles. The molecule has 2 unspecified atom stereocenters. The van der Waals surface area contributed by atoms with Gasteiger partial charge in [-0.1, -0.05) is 24.6 Å². The first-order valence-corrected chi connectivity index (χ1v) is 8.02. The Morgan fingerprint density at radius 2 is 2.00 bits per heavy atom. The number of hydrogen-bond donors (Lipinski definition) is 1. The molecule has 2 nitrogen and oxygen atoms in total. The van der Waals surface area contributed by atoms with Gasteiger partial charge >= 0.3 is 0 Å². The van der Waals surface area contributed by atoms with Crippen molar-refractivity contribution in [2.75, 3.05) is 12.4 Å². The molecule has 1 fully saturated rings. The van der Waals surface area contributed by atoms with Crippen LogP contribution >= 0.6 is 11.6 Å². The summed E-state index contributed by atoms with van der Waals surface area (Å²) >= 11 is 5.97. The van der Waals surface area contributed by atoms with Gasteiger partial charge in [0.1, 0.15) is 0 Å². The summed E-state index contributed by atoms with van der Waals surface area (Å²) in [5.74, 6) is 1.99. The minimum absolute atomic E-state index is 0.119. The van der Waals surface area contributed by atoms with Crippen LogP contribution in [0.4, 0.5) is 0 Å². The normalized spacial score (nSPS) is 21.9. The molecule has 1 aliphatic rings.